The summed E-state index contributed by atoms with van der Waals surface area (Å²) < 4.78 is 1.61. The molecular weight excluding hydrogens is 194 g/mol. The molecule has 0 unspecified atom stereocenters. The van der Waals surface area contributed by atoms with Gasteiger partial charge in [0, 0.05) is 20.6 Å². The van der Waals surface area contributed by atoms with Crippen LogP contribution in [0.5, 0.6) is 0 Å². The quantitative estimate of drug-likeness (QED) is 0.759. The van der Waals surface area contributed by atoms with E-state index >= 15 is 0 Å². The van der Waals surface area contributed by atoms with Crippen LogP contribution in [0.4, 0.5) is 5.95 Å². The predicted molar refractivity (Wildman–Crippen MR) is 55.5 cm³/mol. The van der Waals surface area contributed by atoms with E-state index in [9.17, 15) is 5.11 Å². The minimum absolute atomic E-state index is 0.555. The predicted octanol–water partition coefficient (Wildman–Crippen LogP) is -0.0486. The Kier molecular flexibility index (Phi) is 2.60. The zero-order valence-corrected chi connectivity index (χ0v) is 9.22. The average Bonchev–Trinajstić information content (AvgIpc) is 2.74. The molecule has 6 heteroatoms. The number of rotatable bonds is 3. The van der Waals surface area contributed by atoms with Crippen LogP contribution in [0.15, 0.2) is 0 Å². The highest BCUT2D eigenvalue weighted by atomic mass is 16.3. The van der Waals surface area contributed by atoms with Crippen LogP contribution in [-0.2, 0) is 7.05 Å². The lowest BCUT2D eigenvalue weighted by Crippen LogP contribution is -2.40. The molecule has 84 valence electrons. The highest BCUT2D eigenvalue weighted by molar-refractivity contribution is 5.26. The lowest BCUT2D eigenvalue weighted by atomic mass is 10.0. The van der Waals surface area contributed by atoms with E-state index in [1.807, 2.05) is 11.9 Å². The fourth-order valence-electron chi connectivity index (χ4n) is 2.25. The van der Waals surface area contributed by atoms with Crippen molar-refractivity contribution in [1.82, 2.24) is 20.2 Å². The van der Waals surface area contributed by atoms with Crippen LogP contribution in [0.25, 0.3) is 0 Å². The Morgan fingerprint density at radius 3 is 2.67 bits per heavy atom. The Balaban J connectivity index is 2.03. The van der Waals surface area contributed by atoms with E-state index in [0.29, 0.717) is 12.5 Å². The molecular formula is C9H17N5O. The monoisotopic (exact) mass is 211 g/mol. The van der Waals surface area contributed by atoms with Gasteiger partial charge in [-0.15, -0.1) is 0 Å². The summed E-state index contributed by atoms with van der Waals surface area (Å²) in [7, 11) is 3.70. The van der Waals surface area contributed by atoms with Crippen LogP contribution < -0.4 is 4.90 Å². The number of hydrogen-bond donors (Lipinski definition) is 1. The molecule has 1 aromatic heterocycles. The smallest absolute Gasteiger partial charge is 0.245 e. The molecule has 1 N–H and O–H groups in total. The molecule has 0 aromatic carbocycles. The molecule has 1 aliphatic carbocycles. The second kappa shape index (κ2) is 3.77. The molecule has 1 aliphatic rings. The molecule has 1 saturated carbocycles. The Hall–Kier alpha value is -1.17. The van der Waals surface area contributed by atoms with Crippen molar-refractivity contribution in [2.24, 2.45) is 7.05 Å². The number of aromatic nitrogens is 4. The van der Waals surface area contributed by atoms with Crippen molar-refractivity contribution in [3.05, 3.63) is 0 Å². The summed E-state index contributed by atoms with van der Waals surface area (Å²) >= 11 is 0. The van der Waals surface area contributed by atoms with Crippen molar-refractivity contribution in [2.45, 2.75) is 31.3 Å². The van der Waals surface area contributed by atoms with Crippen LogP contribution in [0.1, 0.15) is 25.7 Å². The van der Waals surface area contributed by atoms with Gasteiger partial charge in [-0.25, -0.2) is 4.68 Å². The van der Waals surface area contributed by atoms with Gasteiger partial charge in [0.1, 0.15) is 0 Å². The van der Waals surface area contributed by atoms with Gasteiger partial charge >= 0.3 is 0 Å². The summed E-state index contributed by atoms with van der Waals surface area (Å²) in [4.78, 5) is 1.91. The molecule has 0 saturated heterocycles. The first kappa shape index (κ1) is 10.4. The van der Waals surface area contributed by atoms with E-state index in [0.717, 1.165) is 25.7 Å². The number of likely N-dealkylation sites (N-methyl/N-ethyl adjacent to an activating group) is 1. The third-order valence-corrected chi connectivity index (χ3v) is 3.00. The van der Waals surface area contributed by atoms with E-state index in [1.165, 1.54) is 0 Å². The van der Waals surface area contributed by atoms with E-state index in [2.05, 4.69) is 15.5 Å². The van der Waals surface area contributed by atoms with E-state index in [4.69, 9.17) is 0 Å². The van der Waals surface area contributed by atoms with Crippen LogP contribution in [0.2, 0.25) is 0 Å². The van der Waals surface area contributed by atoms with Crippen LogP contribution in [0, 0.1) is 0 Å². The van der Waals surface area contributed by atoms with Gasteiger partial charge in [0.2, 0.25) is 5.95 Å². The second-order valence-corrected chi connectivity index (χ2v) is 4.39. The van der Waals surface area contributed by atoms with E-state index in [1.54, 1.807) is 11.7 Å². The number of aliphatic hydroxyl groups is 1. The van der Waals surface area contributed by atoms with Crippen LogP contribution >= 0.6 is 0 Å². The SMILES string of the molecule is CN(CC1(O)CCCC1)c1nnnn1C. The first-order valence-corrected chi connectivity index (χ1v) is 5.27. The topological polar surface area (TPSA) is 67.1 Å². The van der Waals surface area contributed by atoms with E-state index < -0.39 is 5.60 Å². The molecule has 0 aliphatic heterocycles. The van der Waals surface area contributed by atoms with Gasteiger partial charge in [0.05, 0.1) is 5.60 Å². The molecule has 1 heterocycles. The third-order valence-electron chi connectivity index (χ3n) is 3.00. The fourth-order valence-corrected chi connectivity index (χ4v) is 2.25. The first-order chi connectivity index (χ1) is 7.11. The largest absolute Gasteiger partial charge is 0.388 e. The standard InChI is InChI=1S/C9H17N5O/c1-13(8-10-11-12-14(8)2)7-9(15)5-3-4-6-9/h15H,3-7H2,1-2H3. The van der Waals surface area contributed by atoms with Crippen molar-refractivity contribution < 1.29 is 5.11 Å². The van der Waals surface area contributed by atoms with Crippen LogP contribution in [-0.4, -0.2) is 44.5 Å². The Labute approximate surface area is 88.9 Å². The summed E-state index contributed by atoms with van der Waals surface area (Å²) in [5, 5.41) is 21.5. The molecule has 0 radical (unpaired) electrons. The number of aryl methyl sites for hydroxylation is 1. The number of hydrogen-bond acceptors (Lipinski definition) is 5. The summed E-state index contributed by atoms with van der Waals surface area (Å²) in [5.74, 6) is 0.690. The van der Waals surface area contributed by atoms with Crippen molar-refractivity contribution in [3.63, 3.8) is 0 Å². The Morgan fingerprint density at radius 1 is 1.47 bits per heavy atom. The van der Waals surface area contributed by atoms with Crippen LogP contribution in [0.3, 0.4) is 0 Å². The minimum atomic E-state index is -0.555. The summed E-state index contributed by atoms with van der Waals surface area (Å²) in [6.07, 6.45) is 3.98. The van der Waals surface area contributed by atoms with Crippen molar-refractivity contribution in [1.29, 1.82) is 0 Å². The minimum Gasteiger partial charge on any atom is -0.388 e. The molecule has 15 heavy (non-hydrogen) atoms. The van der Waals surface area contributed by atoms with Gasteiger partial charge in [-0.3, -0.25) is 0 Å². The zero-order chi connectivity index (χ0) is 10.9. The maximum atomic E-state index is 10.2. The van der Waals surface area contributed by atoms with Gasteiger partial charge in [0.25, 0.3) is 0 Å². The van der Waals surface area contributed by atoms with Gasteiger partial charge < -0.3 is 10.0 Å². The third kappa shape index (κ3) is 2.09. The zero-order valence-electron chi connectivity index (χ0n) is 9.22. The van der Waals surface area contributed by atoms with Gasteiger partial charge in [-0.1, -0.05) is 17.9 Å². The summed E-state index contributed by atoms with van der Waals surface area (Å²) in [6.45, 7) is 0.598. The molecule has 0 bridgehead atoms. The summed E-state index contributed by atoms with van der Waals surface area (Å²) in [6, 6.07) is 0. The molecule has 1 aromatic rings. The fraction of sp³-hybridized carbons (Fsp3) is 0.889. The lowest BCUT2D eigenvalue weighted by molar-refractivity contribution is 0.0555. The highest BCUT2D eigenvalue weighted by Crippen LogP contribution is 2.30. The molecule has 0 atom stereocenters. The van der Waals surface area contributed by atoms with Crippen molar-refractivity contribution in [2.75, 3.05) is 18.5 Å². The van der Waals surface area contributed by atoms with E-state index in [-0.39, 0.29) is 0 Å². The average molecular weight is 211 g/mol. The molecule has 6 nitrogen and oxygen atoms in total. The molecule has 1 fully saturated rings. The van der Waals surface area contributed by atoms with Gasteiger partial charge in [-0.05, 0) is 23.3 Å². The lowest BCUT2D eigenvalue weighted by Gasteiger charge is -2.28. The maximum Gasteiger partial charge on any atom is 0.245 e. The number of anilines is 1. The highest BCUT2D eigenvalue weighted by Gasteiger charge is 2.33. The Bertz CT molecular complexity index is 331. The molecule has 0 spiro atoms. The molecule has 0 amide bonds. The second-order valence-electron chi connectivity index (χ2n) is 4.39. The molecule has 2 rings (SSSR count). The van der Waals surface area contributed by atoms with Crippen molar-refractivity contribution >= 4 is 5.95 Å². The normalized spacial score (nSPS) is 19.4. The number of nitrogens with zero attached hydrogens (tertiary/aromatic N) is 5. The summed E-state index contributed by atoms with van der Waals surface area (Å²) in [5.41, 5.74) is -0.555. The van der Waals surface area contributed by atoms with Crippen molar-refractivity contribution in [3.8, 4) is 0 Å². The van der Waals surface area contributed by atoms with Gasteiger partial charge in [-0.2, -0.15) is 0 Å². The van der Waals surface area contributed by atoms with Gasteiger partial charge in [0.15, 0.2) is 0 Å². The first-order valence-electron chi connectivity index (χ1n) is 5.27. The Morgan fingerprint density at radius 2 is 2.13 bits per heavy atom. The number of tetrazole rings is 1. The maximum absolute atomic E-state index is 10.2.